The summed E-state index contributed by atoms with van der Waals surface area (Å²) in [4.78, 5) is 9.07. The van der Waals surface area contributed by atoms with Gasteiger partial charge in [0.1, 0.15) is 0 Å². The monoisotopic (exact) mass is 558 g/mol. The largest absolute Gasteiger partial charge is 2.00 e. The van der Waals surface area contributed by atoms with E-state index in [-0.39, 0.29) is 21.1 Å². The van der Waals surface area contributed by atoms with Gasteiger partial charge in [-0.15, -0.1) is 47.6 Å². The molecule has 0 saturated carbocycles. The second-order valence-corrected chi connectivity index (χ2v) is 6.62. The van der Waals surface area contributed by atoms with E-state index in [4.69, 9.17) is 10.3 Å². The molecule has 0 atom stereocenters. The quantitative estimate of drug-likeness (QED) is 0.208. The van der Waals surface area contributed by atoms with Crippen molar-refractivity contribution in [3.8, 4) is 11.3 Å². The van der Waals surface area contributed by atoms with Crippen molar-refractivity contribution in [2.24, 2.45) is 4.99 Å². The SMILES string of the molecule is CN=C(C)c1ccccc1[N-]Cc1[c-]c(-c2ccc3ccccc3n2)ccc1.[Pt+2]. The zero-order valence-electron chi connectivity index (χ0n) is 16.4. The number of fused-ring (bicyclic) bond motifs is 1. The van der Waals surface area contributed by atoms with E-state index in [0.29, 0.717) is 6.54 Å². The zero-order valence-corrected chi connectivity index (χ0v) is 18.6. The van der Waals surface area contributed by atoms with Gasteiger partial charge in [0, 0.05) is 12.8 Å². The molecule has 29 heavy (non-hydrogen) atoms. The van der Waals surface area contributed by atoms with E-state index in [1.165, 1.54) is 0 Å². The minimum Gasteiger partial charge on any atom is -0.681 e. The van der Waals surface area contributed by atoms with Crippen molar-refractivity contribution in [3.05, 3.63) is 101 Å². The van der Waals surface area contributed by atoms with E-state index in [1.807, 2.05) is 61.5 Å². The van der Waals surface area contributed by atoms with Crippen LogP contribution in [-0.4, -0.2) is 17.7 Å². The summed E-state index contributed by atoms with van der Waals surface area (Å²) in [7, 11) is 1.81. The van der Waals surface area contributed by atoms with Gasteiger partial charge in [0.05, 0.1) is 5.52 Å². The molecule has 0 N–H and O–H groups in total. The zero-order chi connectivity index (χ0) is 19.3. The molecule has 0 bridgehead atoms. The first kappa shape index (κ1) is 20.9. The number of aliphatic imine (C=N–C) groups is 1. The second-order valence-electron chi connectivity index (χ2n) is 6.62. The fourth-order valence-electron chi connectivity index (χ4n) is 3.18. The molecule has 0 spiro atoms. The number of hydrogen-bond acceptors (Lipinski definition) is 2. The van der Waals surface area contributed by atoms with Crippen LogP contribution < -0.4 is 0 Å². The molecule has 0 aliphatic carbocycles. The summed E-state index contributed by atoms with van der Waals surface area (Å²) >= 11 is 0. The van der Waals surface area contributed by atoms with E-state index in [1.54, 1.807) is 7.05 Å². The molecule has 4 rings (SSSR count). The molecule has 4 heteroatoms. The standard InChI is InChI=1S/C25H21N3.Pt/c1-18(26-2)22-11-4-6-13-25(22)27-17-19-8-7-10-21(16-19)24-15-14-20-9-3-5-12-23(20)28-24;/h3-15H,17H2,1-2H3;/q-2;+2. The van der Waals surface area contributed by atoms with Gasteiger partial charge in [0.15, 0.2) is 0 Å². The normalized spacial score (nSPS) is 11.2. The summed E-state index contributed by atoms with van der Waals surface area (Å²) in [5.74, 6) is 0. The Labute approximate surface area is 186 Å². The first-order valence-electron chi connectivity index (χ1n) is 9.32. The smallest absolute Gasteiger partial charge is 0.681 e. The molecular formula is C25H21N3Pt. The Kier molecular flexibility index (Phi) is 6.95. The van der Waals surface area contributed by atoms with Crippen molar-refractivity contribution in [3.63, 3.8) is 0 Å². The Balaban J connectivity index is 0.00000240. The molecule has 146 valence electrons. The Morgan fingerprint density at radius 1 is 0.931 bits per heavy atom. The summed E-state index contributed by atoms with van der Waals surface area (Å²) in [6, 6.07) is 30.0. The third kappa shape index (κ3) is 4.80. The number of nitrogens with zero attached hydrogens (tertiary/aromatic N) is 3. The number of aromatic nitrogens is 1. The summed E-state index contributed by atoms with van der Waals surface area (Å²) in [5.41, 5.74) is 6.94. The molecule has 1 aromatic heterocycles. The molecule has 1 heterocycles. The Morgan fingerprint density at radius 2 is 1.72 bits per heavy atom. The van der Waals surface area contributed by atoms with Gasteiger partial charge in [-0.2, -0.15) is 0 Å². The van der Waals surface area contributed by atoms with Crippen molar-refractivity contribution in [1.82, 2.24) is 4.98 Å². The summed E-state index contributed by atoms with van der Waals surface area (Å²) in [6.45, 7) is 2.57. The minimum absolute atomic E-state index is 0. The van der Waals surface area contributed by atoms with E-state index in [0.717, 1.165) is 44.7 Å². The fraction of sp³-hybridized carbons (Fsp3) is 0.120. The molecule has 0 fully saturated rings. The average Bonchev–Trinajstić information content (AvgIpc) is 2.77. The van der Waals surface area contributed by atoms with Gasteiger partial charge in [-0.05, 0) is 29.6 Å². The van der Waals surface area contributed by atoms with E-state index < -0.39 is 0 Å². The average molecular weight is 559 g/mol. The van der Waals surface area contributed by atoms with Gasteiger partial charge in [0.25, 0.3) is 0 Å². The first-order valence-corrected chi connectivity index (χ1v) is 9.32. The van der Waals surface area contributed by atoms with Gasteiger partial charge in [-0.25, -0.2) is 0 Å². The van der Waals surface area contributed by atoms with Crippen molar-refractivity contribution in [2.45, 2.75) is 13.5 Å². The molecule has 3 aromatic carbocycles. The maximum Gasteiger partial charge on any atom is 2.00 e. The third-order valence-electron chi connectivity index (χ3n) is 4.78. The first-order chi connectivity index (χ1) is 13.7. The molecular weight excluding hydrogens is 537 g/mol. The molecule has 4 aromatic rings. The van der Waals surface area contributed by atoms with Crippen LogP contribution in [-0.2, 0) is 27.6 Å². The topological polar surface area (TPSA) is 39.4 Å². The second kappa shape index (κ2) is 9.62. The Hall–Kier alpha value is -2.77. The van der Waals surface area contributed by atoms with Gasteiger partial charge in [-0.1, -0.05) is 54.6 Å². The van der Waals surface area contributed by atoms with Crippen LogP contribution in [0.5, 0.6) is 0 Å². The Morgan fingerprint density at radius 3 is 2.59 bits per heavy atom. The number of para-hydroxylation sites is 2. The molecule has 0 radical (unpaired) electrons. The molecule has 0 aliphatic heterocycles. The van der Waals surface area contributed by atoms with Crippen LogP contribution >= 0.6 is 0 Å². The molecule has 0 unspecified atom stereocenters. The van der Waals surface area contributed by atoms with Crippen LogP contribution in [0.1, 0.15) is 18.1 Å². The third-order valence-corrected chi connectivity index (χ3v) is 4.78. The summed E-state index contributed by atoms with van der Waals surface area (Å²) < 4.78 is 0. The Bertz CT molecular complexity index is 1150. The summed E-state index contributed by atoms with van der Waals surface area (Å²) in [6.07, 6.45) is 0. The van der Waals surface area contributed by atoms with Crippen LogP contribution in [0.15, 0.2) is 83.9 Å². The molecule has 0 aliphatic rings. The maximum atomic E-state index is 4.80. The predicted molar refractivity (Wildman–Crippen MR) is 117 cm³/mol. The number of hydrogen-bond donors (Lipinski definition) is 0. The molecule has 3 nitrogen and oxygen atoms in total. The van der Waals surface area contributed by atoms with Crippen molar-refractivity contribution < 1.29 is 21.1 Å². The summed E-state index contributed by atoms with van der Waals surface area (Å²) in [5, 5.41) is 5.94. The molecule has 0 amide bonds. The van der Waals surface area contributed by atoms with Crippen molar-refractivity contribution >= 4 is 22.3 Å². The van der Waals surface area contributed by atoms with Crippen molar-refractivity contribution in [1.29, 1.82) is 0 Å². The predicted octanol–water partition coefficient (Wildman–Crippen LogP) is 6.34. The van der Waals surface area contributed by atoms with E-state index in [2.05, 4.69) is 35.3 Å². The van der Waals surface area contributed by atoms with Crippen LogP contribution in [0.25, 0.3) is 27.5 Å². The van der Waals surface area contributed by atoms with Crippen LogP contribution in [0.2, 0.25) is 0 Å². The number of rotatable bonds is 5. The fourth-order valence-corrected chi connectivity index (χ4v) is 3.18. The maximum absolute atomic E-state index is 4.80. The number of pyridine rings is 1. The molecule has 0 saturated heterocycles. The number of benzene rings is 3. The van der Waals surface area contributed by atoms with Gasteiger partial charge >= 0.3 is 21.1 Å². The van der Waals surface area contributed by atoms with Crippen LogP contribution in [0.4, 0.5) is 5.69 Å². The van der Waals surface area contributed by atoms with Gasteiger partial charge < -0.3 is 5.32 Å². The van der Waals surface area contributed by atoms with Gasteiger partial charge in [-0.3, -0.25) is 9.98 Å². The minimum atomic E-state index is 0. The van der Waals surface area contributed by atoms with Crippen LogP contribution in [0, 0.1) is 6.07 Å². The van der Waals surface area contributed by atoms with Gasteiger partial charge in [0.2, 0.25) is 0 Å². The van der Waals surface area contributed by atoms with Crippen molar-refractivity contribution in [2.75, 3.05) is 7.05 Å². The van der Waals surface area contributed by atoms with Crippen LogP contribution in [0.3, 0.4) is 0 Å². The van der Waals surface area contributed by atoms with E-state index >= 15 is 0 Å². The van der Waals surface area contributed by atoms with E-state index in [9.17, 15) is 0 Å².